The van der Waals surface area contributed by atoms with E-state index in [1.807, 2.05) is 19.1 Å². The maximum atomic E-state index is 12.7. The number of halogens is 3. The van der Waals surface area contributed by atoms with Crippen LogP contribution in [0.15, 0.2) is 18.2 Å². The topological polar surface area (TPSA) is 58.6 Å². The van der Waals surface area contributed by atoms with E-state index in [1.165, 1.54) is 4.90 Å². The molecule has 1 fully saturated rings. The van der Waals surface area contributed by atoms with E-state index in [0.29, 0.717) is 18.5 Å². The molecule has 0 aromatic heterocycles. The Hall–Kier alpha value is -2.09. The van der Waals surface area contributed by atoms with Crippen molar-refractivity contribution in [3.63, 3.8) is 0 Å². The highest BCUT2D eigenvalue weighted by Gasteiger charge is 2.46. The lowest BCUT2D eigenvalue weighted by molar-refractivity contribution is -0.210. The summed E-state index contributed by atoms with van der Waals surface area (Å²) in [5.74, 6) is -2.48. The maximum Gasteiger partial charge on any atom is 0.490 e. The molecule has 5 nitrogen and oxygen atoms in total. The van der Waals surface area contributed by atoms with Crippen LogP contribution in [0.2, 0.25) is 0 Å². The summed E-state index contributed by atoms with van der Waals surface area (Å²) < 4.78 is 42.1. The van der Waals surface area contributed by atoms with Gasteiger partial charge in [-0.1, -0.05) is 25.5 Å². The first-order valence-corrected chi connectivity index (χ1v) is 8.25. The Morgan fingerprint density at radius 2 is 2.16 bits per heavy atom. The van der Waals surface area contributed by atoms with E-state index in [1.54, 1.807) is 6.07 Å². The Kier molecular flexibility index (Phi) is 4.73. The normalized spacial score (nSPS) is 23.0. The van der Waals surface area contributed by atoms with Gasteiger partial charge in [0, 0.05) is 18.7 Å². The summed E-state index contributed by atoms with van der Waals surface area (Å²) in [6, 6.07) is 4.96. The molecule has 2 heterocycles. The SMILES string of the molecule is CCCc1ccc2c(c1)C[C@@H]1C(OC(=O)C(F)(F)F)NCCN1C2=O. The standard InChI is InChI=1S/C17H19F3N2O3/c1-2-3-10-4-5-12-11(8-10)9-13-14(25-16(24)17(18,19)20)21-6-7-22(13)15(12)23/h4-5,8,13-14,21H,2-3,6-7,9H2,1H3/t13-,14?/m1/s1. The third kappa shape index (κ3) is 3.49. The summed E-state index contributed by atoms with van der Waals surface area (Å²) in [7, 11) is 0. The molecule has 1 N–H and O–H groups in total. The van der Waals surface area contributed by atoms with E-state index in [4.69, 9.17) is 0 Å². The van der Waals surface area contributed by atoms with Crippen LogP contribution in [0.5, 0.6) is 0 Å². The second-order valence-electron chi connectivity index (χ2n) is 6.29. The number of esters is 1. The van der Waals surface area contributed by atoms with Crippen LogP contribution < -0.4 is 5.32 Å². The zero-order valence-corrected chi connectivity index (χ0v) is 13.7. The van der Waals surface area contributed by atoms with Gasteiger partial charge in [0.15, 0.2) is 6.23 Å². The second kappa shape index (κ2) is 6.67. The zero-order chi connectivity index (χ0) is 18.2. The molecule has 1 unspecified atom stereocenters. The fourth-order valence-electron chi connectivity index (χ4n) is 3.41. The van der Waals surface area contributed by atoms with Crippen LogP contribution in [-0.2, 0) is 22.4 Å². The Morgan fingerprint density at radius 3 is 2.84 bits per heavy atom. The number of nitrogens with zero attached hydrogens (tertiary/aromatic N) is 1. The summed E-state index contributed by atoms with van der Waals surface area (Å²) in [4.78, 5) is 25.4. The number of piperazine rings is 1. The molecule has 2 aliphatic heterocycles. The molecule has 1 aromatic rings. The first-order valence-electron chi connectivity index (χ1n) is 8.25. The van der Waals surface area contributed by atoms with Gasteiger partial charge in [-0.15, -0.1) is 0 Å². The van der Waals surface area contributed by atoms with Crippen molar-refractivity contribution >= 4 is 11.9 Å². The van der Waals surface area contributed by atoms with Gasteiger partial charge in [0.25, 0.3) is 5.91 Å². The van der Waals surface area contributed by atoms with Gasteiger partial charge < -0.3 is 9.64 Å². The molecule has 136 valence electrons. The molecule has 0 bridgehead atoms. The largest absolute Gasteiger partial charge is 0.490 e. The fourth-order valence-corrected chi connectivity index (χ4v) is 3.41. The van der Waals surface area contributed by atoms with Crippen molar-refractivity contribution in [3.05, 3.63) is 34.9 Å². The van der Waals surface area contributed by atoms with Crippen LogP contribution in [0.25, 0.3) is 0 Å². The zero-order valence-electron chi connectivity index (χ0n) is 13.7. The molecule has 25 heavy (non-hydrogen) atoms. The van der Waals surface area contributed by atoms with E-state index in [9.17, 15) is 22.8 Å². The summed E-state index contributed by atoms with van der Waals surface area (Å²) in [6.07, 6.45) is -4.07. The van der Waals surface area contributed by atoms with E-state index < -0.39 is 24.4 Å². The number of fused-ring (bicyclic) bond motifs is 2. The van der Waals surface area contributed by atoms with Crippen LogP contribution >= 0.6 is 0 Å². The Morgan fingerprint density at radius 1 is 1.40 bits per heavy atom. The van der Waals surface area contributed by atoms with E-state index in [2.05, 4.69) is 10.1 Å². The van der Waals surface area contributed by atoms with Crippen LogP contribution in [0, 0.1) is 0 Å². The summed E-state index contributed by atoms with van der Waals surface area (Å²) >= 11 is 0. The minimum absolute atomic E-state index is 0.233. The number of nitrogens with one attached hydrogen (secondary N) is 1. The molecule has 1 aromatic carbocycles. The number of carbonyl (C=O) groups excluding carboxylic acids is 2. The van der Waals surface area contributed by atoms with Gasteiger partial charge in [0.2, 0.25) is 0 Å². The monoisotopic (exact) mass is 356 g/mol. The lowest BCUT2D eigenvalue weighted by atomic mass is 9.89. The van der Waals surface area contributed by atoms with Gasteiger partial charge in [0.05, 0.1) is 6.04 Å². The van der Waals surface area contributed by atoms with Crippen LogP contribution in [0.3, 0.4) is 0 Å². The van der Waals surface area contributed by atoms with E-state index in [-0.39, 0.29) is 12.5 Å². The van der Waals surface area contributed by atoms with Crippen molar-refractivity contribution in [2.45, 2.75) is 44.6 Å². The van der Waals surface area contributed by atoms with E-state index >= 15 is 0 Å². The van der Waals surface area contributed by atoms with Crippen molar-refractivity contribution in [2.24, 2.45) is 0 Å². The van der Waals surface area contributed by atoms with Crippen molar-refractivity contribution in [1.82, 2.24) is 10.2 Å². The molecule has 0 aliphatic carbocycles. The van der Waals surface area contributed by atoms with Gasteiger partial charge >= 0.3 is 12.1 Å². The summed E-state index contributed by atoms with van der Waals surface area (Å²) in [5, 5.41) is 2.78. The molecule has 0 spiro atoms. The average Bonchev–Trinajstić information content (AvgIpc) is 2.55. The lowest BCUT2D eigenvalue weighted by Crippen LogP contribution is -2.63. The molecule has 1 saturated heterocycles. The number of ether oxygens (including phenoxy) is 1. The van der Waals surface area contributed by atoms with E-state index in [0.717, 1.165) is 24.0 Å². The Bertz CT molecular complexity index is 690. The highest BCUT2D eigenvalue weighted by atomic mass is 19.4. The van der Waals surface area contributed by atoms with Crippen molar-refractivity contribution in [2.75, 3.05) is 13.1 Å². The summed E-state index contributed by atoms with van der Waals surface area (Å²) in [5.41, 5.74) is 2.43. The van der Waals surface area contributed by atoms with Crippen molar-refractivity contribution in [3.8, 4) is 0 Å². The van der Waals surface area contributed by atoms with Gasteiger partial charge in [-0.2, -0.15) is 13.2 Å². The van der Waals surface area contributed by atoms with Gasteiger partial charge in [0.1, 0.15) is 0 Å². The fraction of sp³-hybridized carbons (Fsp3) is 0.529. The van der Waals surface area contributed by atoms with Gasteiger partial charge in [-0.25, -0.2) is 4.79 Å². The Balaban J connectivity index is 1.86. The number of carbonyl (C=O) groups is 2. The predicted molar refractivity (Wildman–Crippen MR) is 82.9 cm³/mol. The molecule has 1 amide bonds. The second-order valence-corrected chi connectivity index (χ2v) is 6.29. The summed E-state index contributed by atoms with van der Waals surface area (Å²) in [6.45, 7) is 2.67. The smallest absolute Gasteiger partial charge is 0.438 e. The molecule has 2 aliphatic rings. The number of hydrogen-bond donors (Lipinski definition) is 1. The van der Waals surface area contributed by atoms with Crippen LogP contribution in [-0.4, -0.2) is 48.3 Å². The minimum atomic E-state index is -5.06. The van der Waals surface area contributed by atoms with Crippen molar-refractivity contribution < 1.29 is 27.5 Å². The maximum absolute atomic E-state index is 12.7. The third-order valence-electron chi connectivity index (χ3n) is 4.54. The molecule has 0 saturated carbocycles. The Labute approximate surface area is 143 Å². The molecular formula is C17H19F3N2O3. The molecule has 0 radical (unpaired) electrons. The highest BCUT2D eigenvalue weighted by molar-refractivity contribution is 5.97. The molecule has 3 rings (SSSR count). The van der Waals surface area contributed by atoms with Gasteiger partial charge in [-0.05, 0) is 30.0 Å². The van der Waals surface area contributed by atoms with Crippen LogP contribution in [0.1, 0.15) is 34.8 Å². The first-order chi connectivity index (χ1) is 11.8. The number of amides is 1. The predicted octanol–water partition coefficient (Wildman–Crippen LogP) is 2.04. The van der Waals surface area contributed by atoms with Gasteiger partial charge in [-0.3, -0.25) is 10.1 Å². The highest BCUT2D eigenvalue weighted by Crippen LogP contribution is 2.29. The number of aryl methyl sites for hydroxylation is 1. The van der Waals surface area contributed by atoms with Crippen LogP contribution in [0.4, 0.5) is 13.2 Å². The number of rotatable bonds is 3. The first kappa shape index (κ1) is 17.7. The van der Waals surface area contributed by atoms with Crippen molar-refractivity contribution in [1.29, 1.82) is 0 Å². The molecule has 2 atom stereocenters. The average molecular weight is 356 g/mol. The minimum Gasteiger partial charge on any atom is -0.438 e. The number of benzene rings is 1. The third-order valence-corrected chi connectivity index (χ3v) is 4.54. The lowest BCUT2D eigenvalue weighted by Gasteiger charge is -2.44. The molecule has 8 heteroatoms. The quantitative estimate of drug-likeness (QED) is 0.842. The molecular weight excluding hydrogens is 337 g/mol. The number of hydrogen-bond acceptors (Lipinski definition) is 4. The number of alkyl halides is 3.